The summed E-state index contributed by atoms with van der Waals surface area (Å²) in [5.74, 6) is 1.66. The van der Waals surface area contributed by atoms with E-state index < -0.39 is 0 Å². The molecule has 1 N–H and O–H groups in total. The number of imide groups is 1. The molecule has 2 amide bonds. The Morgan fingerprint density at radius 3 is 2.48 bits per heavy atom. The van der Waals surface area contributed by atoms with Crippen molar-refractivity contribution in [1.82, 2.24) is 25.0 Å². The molecule has 0 unspecified atom stereocenters. The third-order valence-electron chi connectivity index (χ3n) is 5.47. The van der Waals surface area contributed by atoms with Crippen LogP contribution in [0.1, 0.15) is 71.5 Å². The molecule has 1 aromatic carbocycles. The molecule has 142 valence electrons. The van der Waals surface area contributed by atoms with Gasteiger partial charge in [0.05, 0.1) is 17.2 Å². The number of hydrogen-bond acceptors (Lipinski definition) is 5. The lowest BCUT2D eigenvalue weighted by atomic mass is 10.1. The fraction of sp³-hybridized carbons (Fsp3) is 0.500. The van der Waals surface area contributed by atoms with Gasteiger partial charge in [0, 0.05) is 25.6 Å². The van der Waals surface area contributed by atoms with Gasteiger partial charge < -0.3 is 9.88 Å². The molecule has 2 aliphatic rings. The van der Waals surface area contributed by atoms with Crippen molar-refractivity contribution in [2.75, 3.05) is 6.54 Å². The van der Waals surface area contributed by atoms with Gasteiger partial charge in [-0.1, -0.05) is 12.1 Å². The minimum Gasteiger partial charge on any atom is -0.314 e. The number of nitrogens with one attached hydrogen (secondary N) is 1. The quantitative estimate of drug-likeness (QED) is 0.793. The smallest absolute Gasteiger partial charge is 0.261 e. The number of fused-ring (bicyclic) bond motifs is 2. The number of hydrogen-bond donors (Lipinski definition) is 1. The molecule has 7 heteroatoms. The van der Waals surface area contributed by atoms with Crippen LogP contribution < -0.4 is 5.32 Å². The van der Waals surface area contributed by atoms with E-state index in [1.54, 1.807) is 24.3 Å². The number of rotatable bonds is 6. The zero-order chi connectivity index (χ0) is 19.0. The van der Waals surface area contributed by atoms with Crippen LogP contribution in [-0.4, -0.2) is 44.1 Å². The van der Waals surface area contributed by atoms with E-state index >= 15 is 0 Å². The van der Waals surface area contributed by atoms with Crippen molar-refractivity contribution in [2.45, 2.75) is 58.2 Å². The first-order valence-electron chi connectivity index (χ1n) is 9.69. The summed E-state index contributed by atoms with van der Waals surface area (Å²) in [7, 11) is 0. The average molecular weight is 367 g/mol. The maximum absolute atomic E-state index is 12.5. The van der Waals surface area contributed by atoms with Crippen molar-refractivity contribution in [3.05, 3.63) is 47.0 Å². The number of carbonyl (C=O) groups is 2. The number of aromatic nitrogens is 3. The van der Waals surface area contributed by atoms with Gasteiger partial charge in [-0.2, -0.15) is 0 Å². The van der Waals surface area contributed by atoms with Gasteiger partial charge in [-0.15, -0.1) is 10.2 Å². The van der Waals surface area contributed by atoms with Crippen molar-refractivity contribution in [3.8, 4) is 0 Å². The highest BCUT2D eigenvalue weighted by molar-refractivity contribution is 6.21. The maximum Gasteiger partial charge on any atom is 0.261 e. The number of amides is 2. The minimum atomic E-state index is -0.192. The van der Waals surface area contributed by atoms with E-state index in [0.29, 0.717) is 24.1 Å². The molecule has 2 atom stereocenters. The summed E-state index contributed by atoms with van der Waals surface area (Å²) in [6.45, 7) is 5.55. The highest BCUT2D eigenvalue weighted by atomic mass is 16.2. The van der Waals surface area contributed by atoms with Crippen LogP contribution in [0.3, 0.4) is 0 Å². The third kappa shape index (κ3) is 3.27. The normalized spacial score (nSPS) is 18.4. The molecule has 0 saturated heterocycles. The van der Waals surface area contributed by atoms with Crippen LogP contribution in [0.15, 0.2) is 24.3 Å². The van der Waals surface area contributed by atoms with Gasteiger partial charge >= 0.3 is 0 Å². The molecule has 0 spiro atoms. The Balaban J connectivity index is 1.35. The Morgan fingerprint density at radius 2 is 1.78 bits per heavy atom. The Hall–Kier alpha value is -2.54. The minimum absolute atomic E-state index is 0.0709. The van der Waals surface area contributed by atoms with Crippen LogP contribution in [0.25, 0.3) is 0 Å². The first-order chi connectivity index (χ1) is 13.1. The average Bonchev–Trinajstić information content (AvgIpc) is 3.21. The van der Waals surface area contributed by atoms with E-state index in [2.05, 4.69) is 33.9 Å². The second-order valence-electron chi connectivity index (χ2n) is 7.47. The van der Waals surface area contributed by atoms with Gasteiger partial charge in [0.25, 0.3) is 11.8 Å². The first-order valence-corrected chi connectivity index (χ1v) is 9.69. The molecule has 0 radical (unpaired) electrons. The zero-order valence-corrected chi connectivity index (χ0v) is 15.8. The van der Waals surface area contributed by atoms with Crippen molar-refractivity contribution in [3.63, 3.8) is 0 Å². The lowest BCUT2D eigenvalue weighted by Crippen LogP contribution is -2.37. The van der Waals surface area contributed by atoms with E-state index in [1.165, 1.54) is 17.7 Å². The number of carbonyl (C=O) groups excluding carboxylic acids is 2. The number of benzene rings is 1. The molecule has 3 heterocycles. The molecule has 2 aliphatic heterocycles. The van der Waals surface area contributed by atoms with Gasteiger partial charge in [-0.3, -0.25) is 14.5 Å². The molecule has 4 rings (SSSR count). The predicted octanol–water partition coefficient (Wildman–Crippen LogP) is 2.34. The van der Waals surface area contributed by atoms with Gasteiger partial charge in [-0.05, 0) is 45.2 Å². The topological polar surface area (TPSA) is 80.1 Å². The lowest BCUT2D eigenvalue weighted by Gasteiger charge is -2.23. The largest absolute Gasteiger partial charge is 0.314 e. The molecule has 27 heavy (non-hydrogen) atoms. The molecule has 0 fully saturated rings. The van der Waals surface area contributed by atoms with Crippen molar-refractivity contribution >= 4 is 11.8 Å². The zero-order valence-electron chi connectivity index (χ0n) is 15.8. The monoisotopic (exact) mass is 367 g/mol. The summed E-state index contributed by atoms with van der Waals surface area (Å²) >= 11 is 0. The summed E-state index contributed by atoms with van der Waals surface area (Å²) in [5.41, 5.74) is 1.01. The molecular formula is C20H25N5O2. The Bertz CT molecular complexity index is 840. The Morgan fingerprint density at radius 1 is 1.07 bits per heavy atom. The lowest BCUT2D eigenvalue weighted by molar-refractivity contribution is 0.0648. The van der Waals surface area contributed by atoms with Crippen LogP contribution >= 0.6 is 0 Å². The molecular weight excluding hydrogens is 342 g/mol. The summed E-state index contributed by atoms with van der Waals surface area (Å²) < 4.78 is 2.22. The molecule has 0 aliphatic carbocycles. The number of aryl methyl sites for hydroxylation is 1. The molecule has 0 saturated carbocycles. The molecule has 1 aromatic heterocycles. The van der Waals surface area contributed by atoms with Crippen LogP contribution in [0.4, 0.5) is 0 Å². The van der Waals surface area contributed by atoms with Gasteiger partial charge in [0.15, 0.2) is 0 Å². The van der Waals surface area contributed by atoms with Gasteiger partial charge in [0.1, 0.15) is 11.6 Å². The van der Waals surface area contributed by atoms with E-state index in [-0.39, 0.29) is 23.9 Å². The molecule has 0 bridgehead atoms. The van der Waals surface area contributed by atoms with Gasteiger partial charge in [-0.25, -0.2) is 0 Å². The highest BCUT2D eigenvalue weighted by Crippen LogP contribution is 2.23. The second kappa shape index (κ2) is 7.23. The maximum atomic E-state index is 12.5. The van der Waals surface area contributed by atoms with E-state index in [1.807, 2.05) is 0 Å². The molecule has 2 aromatic rings. The highest BCUT2D eigenvalue weighted by Gasteiger charge is 2.34. The number of nitrogens with zero attached hydrogens (tertiary/aromatic N) is 4. The fourth-order valence-corrected chi connectivity index (χ4v) is 4.00. The summed E-state index contributed by atoms with van der Waals surface area (Å²) in [5, 5.41) is 12.2. The molecule has 7 nitrogen and oxygen atoms in total. The van der Waals surface area contributed by atoms with Crippen LogP contribution in [0.5, 0.6) is 0 Å². The Kier molecular flexibility index (Phi) is 4.78. The van der Waals surface area contributed by atoms with Gasteiger partial charge in [0.2, 0.25) is 0 Å². The van der Waals surface area contributed by atoms with Crippen LogP contribution in [0, 0.1) is 0 Å². The Labute approximate surface area is 158 Å². The predicted molar refractivity (Wildman–Crippen MR) is 100 cm³/mol. The van der Waals surface area contributed by atoms with E-state index in [0.717, 1.165) is 24.6 Å². The van der Waals surface area contributed by atoms with Crippen molar-refractivity contribution < 1.29 is 9.59 Å². The second-order valence-corrected chi connectivity index (χ2v) is 7.47. The fourth-order valence-electron chi connectivity index (χ4n) is 4.00. The summed E-state index contributed by atoms with van der Waals surface area (Å²) in [6.07, 6.45) is 4.03. The van der Waals surface area contributed by atoms with E-state index in [9.17, 15) is 9.59 Å². The summed E-state index contributed by atoms with van der Waals surface area (Å²) in [4.78, 5) is 26.3. The van der Waals surface area contributed by atoms with Crippen LogP contribution in [-0.2, 0) is 13.0 Å². The standard InChI is InChI=1S/C20H25N5O2/c1-13(21-14(2)18-23-22-17-9-5-6-11-24(17)18)10-12-25-19(26)15-7-3-4-8-16(15)20(25)27/h3-4,7-8,13-14,21H,5-6,9-12H2,1-2H3/t13-,14+/m0/s1. The summed E-state index contributed by atoms with van der Waals surface area (Å²) in [6, 6.07) is 7.22. The van der Waals surface area contributed by atoms with Crippen LogP contribution in [0.2, 0.25) is 0 Å². The third-order valence-corrected chi connectivity index (χ3v) is 5.47. The van der Waals surface area contributed by atoms with E-state index in [4.69, 9.17) is 0 Å². The van der Waals surface area contributed by atoms with Crippen molar-refractivity contribution in [1.29, 1.82) is 0 Å². The first kappa shape index (κ1) is 17.9. The SMILES string of the molecule is C[C@@H](CCN1C(=O)c2ccccc2C1=O)N[C@H](C)c1nnc2n1CCCC2. The van der Waals surface area contributed by atoms with Crippen molar-refractivity contribution in [2.24, 2.45) is 0 Å².